The molecule has 1 aromatic carbocycles. The van der Waals surface area contributed by atoms with Gasteiger partial charge in [0.05, 0.1) is 19.1 Å². The SMILES string of the molecule is CCCN1CCc2c(sc(NC(=O)Cc3ccc(SC(C)C)cc3)c2C(=O)OC)C1.Cl. The van der Waals surface area contributed by atoms with Crippen molar-refractivity contribution in [3.63, 3.8) is 0 Å². The molecule has 1 N–H and O–H groups in total. The summed E-state index contributed by atoms with van der Waals surface area (Å²) in [7, 11) is 1.39. The molecule has 8 heteroatoms. The zero-order chi connectivity index (χ0) is 21.7. The van der Waals surface area contributed by atoms with Crippen LogP contribution in [0, 0.1) is 0 Å². The number of benzene rings is 1. The summed E-state index contributed by atoms with van der Waals surface area (Å²) in [5.41, 5.74) is 2.52. The molecule has 3 rings (SSSR count). The highest BCUT2D eigenvalue weighted by Gasteiger charge is 2.29. The zero-order valence-corrected chi connectivity index (χ0v) is 21.0. The van der Waals surface area contributed by atoms with Crippen molar-refractivity contribution in [2.75, 3.05) is 25.5 Å². The number of carbonyl (C=O) groups is 2. The Labute approximate surface area is 199 Å². The maximum atomic E-state index is 12.7. The largest absolute Gasteiger partial charge is 0.465 e. The fourth-order valence-corrected chi connectivity index (χ4v) is 5.82. The van der Waals surface area contributed by atoms with E-state index in [1.54, 1.807) is 11.8 Å². The maximum absolute atomic E-state index is 12.7. The van der Waals surface area contributed by atoms with E-state index in [0.717, 1.165) is 48.5 Å². The molecule has 0 radical (unpaired) electrons. The van der Waals surface area contributed by atoms with Crippen LogP contribution in [0.3, 0.4) is 0 Å². The lowest BCUT2D eigenvalue weighted by Crippen LogP contribution is -2.30. The minimum atomic E-state index is -0.373. The van der Waals surface area contributed by atoms with Gasteiger partial charge in [-0.05, 0) is 42.6 Å². The van der Waals surface area contributed by atoms with Crippen molar-refractivity contribution in [2.24, 2.45) is 0 Å². The Kier molecular flexibility index (Phi) is 9.88. The zero-order valence-electron chi connectivity index (χ0n) is 18.5. The van der Waals surface area contributed by atoms with Gasteiger partial charge in [-0.3, -0.25) is 9.69 Å². The van der Waals surface area contributed by atoms with Crippen LogP contribution >= 0.6 is 35.5 Å². The van der Waals surface area contributed by atoms with E-state index in [1.807, 2.05) is 12.1 Å². The van der Waals surface area contributed by atoms with Crippen LogP contribution in [-0.4, -0.2) is 42.2 Å². The van der Waals surface area contributed by atoms with E-state index in [-0.39, 0.29) is 30.7 Å². The Morgan fingerprint density at radius 2 is 1.97 bits per heavy atom. The van der Waals surface area contributed by atoms with E-state index in [9.17, 15) is 9.59 Å². The van der Waals surface area contributed by atoms with Gasteiger partial charge < -0.3 is 10.1 Å². The molecule has 0 unspecified atom stereocenters. The number of fused-ring (bicyclic) bond motifs is 1. The summed E-state index contributed by atoms with van der Waals surface area (Å²) in [4.78, 5) is 29.9. The molecule has 0 spiro atoms. The molecule has 0 aliphatic carbocycles. The van der Waals surface area contributed by atoms with E-state index in [4.69, 9.17) is 4.74 Å². The van der Waals surface area contributed by atoms with Gasteiger partial charge in [0, 0.05) is 28.1 Å². The Balaban J connectivity index is 0.00000341. The second-order valence-corrected chi connectivity index (χ2v) is 10.5. The number of esters is 1. The average molecular weight is 483 g/mol. The summed E-state index contributed by atoms with van der Waals surface area (Å²) >= 11 is 3.31. The van der Waals surface area contributed by atoms with Crippen LogP contribution in [0.25, 0.3) is 0 Å². The molecule has 5 nitrogen and oxygen atoms in total. The van der Waals surface area contributed by atoms with Crippen molar-refractivity contribution < 1.29 is 14.3 Å². The van der Waals surface area contributed by atoms with Crippen LogP contribution < -0.4 is 5.32 Å². The molecular weight excluding hydrogens is 452 g/mol. The summed E-state index contributed by atoms with van der Waals surface area (Å²) in [5.74, 6) is -0.491. The third-order valence-electron chi connectivity index (χ3n) is 4.98. The van der Waals surface area contributed by atoms with Crippen molar-refractivity contribution in [2.45, 2.75) is 56.7 Å². The molecule has 170 valence electrons. The second-order valence-electron chi connectivity index (χ2n) is 7.76. The number of carbonyl (C=O) groups excluding carboxylic acids is 2. The fourth-order valence-electron chi connectivity index (χ4n) is 3.68. The number of methoxy groups -OCH3 is 1. The molecule has 1 amide bonds. The Morgan fingerprint density at radius 1 is 1.26 bits per heavy atom. The lowest BCUT2D eigenvalue weighted by Gasteiger charge is -2.26. The second kappa shape index (κ2) is 11.9. The molecule has 1 aliphatic heterocycles. The first-order chi connectivity index (χ1) is 14.4. The number of thiophene rings is 1. The highest BCUT2D eigenvalue weighted by molar-refractivity contribution is 7.99. The Morgan fingerprint density at radius 3 is 2.58 bits per heavy atom. The molecule has 0 atom stereocenters. The Hall–Kier alpha value is -1.54. The van der Waals surface area contributed by atoms with Crippen molar-refractivity contribution in [1.29, 1.82) is 0 Å². The molecule has 0 fully saturated rings. The van der Waals surface area contributed by atoms with Crippen LogP contribution in [0.4, 0.5) is 5.00 Å². The van der Waals surface area contributed by atoms with Crippen LogP contribution in [0.1, 0.15) is 53.6 Å². The smallest absolute Gasteiger partial charge is 0.341 e. The number of nitrogens with zero attached hydrogens (tertiary/aromatic N) is 1. The maximum Gasteiger partial charge on any atom is 0.341 e. The monoisotopic (exact) mass is 482 g/mol. The summed E-state index contributed by atoms with van der Waals surface area (Å²) in [6.45, 7) is 9.28. The number of hydrogen-bond donors (Lipinski definition) is 1. The molecule has 1 aromatic heterocycles. The lowest BCUT2D eigenvalue weighted by molar-refractivity contribution is -0.115. The lowest BCUT2D eigenvalue weighted by atomic mass is 10.0. The van der Waals surface area contributed by atoms with Crippen LogP contribution in [-0.2, 0) is 28.9 Å². The summed E-state index contributed by atoms with van der Waals surface area (Å²) in [5, 5.41) is 4.12. The topological polar surface area (TPSA) is 58.6 Å². The molecule has 0 saturated carbocycles. The minimum Gasteiger partial charge on any atom is -0.465 e. The number of thioether (sulfide) groups is 1. The number of ether oxygens (including phenoxy) is 1. The van der Waals surface area contributed by atoms with E-state index < -0.39 is 0 Å². The van der Waals surface area contributed by atoms with Gasteiger partial charge in [0.1, 0.15) is 5.00 Å². The first-order valence-corrected chi connectivity index (χ1v) is 12.1. The van der Waals surface area contributed by atoms with Crippen LogP contribution in [0.15, 0.2) is 29.2 Å². The van der Waals surface area contributed by atoms with E-state index in [0.29, 0.717) is 15.8 Å². The summed E-state index contributed by atoms with van der Waals surface area (Å²) in [6, 6.07) is 8.10. The van der Waals surface area contributed by atoms with E-state index >= 15 is 0 Å². The minimum absolute atomic E-state index is 0. The third-order valence-corrected chi connectivity index (χ3v) is 7.13. The average Bonchev–Trinajstić information content (AvgIpc) is 3.05. The van der Waals surface area contributed by atoms with Gasteiger partial charge in [0.15, 0.2) is 0 Å². The molecule has 0 bridgehead atoms. The number of hydrogen-bond acceptors (Lipinski definition) is 6. The number of halogens is 1. The standard InChI is InChI=1S/C23H30N2O3S2.ClH/c1-5-11-25-12-10-18-19(14-25)30-22(21(18)23(27)28-4)24-20(26)13-16-6-8-17(9-7-16)29-15(2)3;/h6-9,15H,5,10-14H2,1-4H3,(H,24,26);1H. The Bertz CT molecular complexity index is 897. The predicted molar refractivity (Wildman–Crippen MR) is 132 cm³/mol. The number of rotatable bonds is 8. The molecular formula is C23H31ClN2O3S2. The summed E-state index contributed by atoms with van der Waals surface area (Å²) in [6.07, 6.45) is 2.18. The van der Waals surface area contributed by atoms with Gasteiger partial charge in [-0.1, -0.05) is 32.9 Å². The number of nitrogens with one attached hydrogen (secondary N) is 1. The predicted octanol–water partition coefficient (Wildman–Crippen LogP) is 5.41. The molecule has 31 heavy (non-hydrogen) atoms. The number of anilines is 1. The summed E-state index contributed by atoms with van der Waals surface area (Å²) < 4.78 is 5.02. The van der Waals surface area contributed by atoms with Gasteiger partial charge in [-0.2, -0.15) is 0 Å². The van der Waals surface area contributed by atoms with Gasteiger partial charge in [0.2, 0.25) is 5.91 Å². The number of amides is 1. The first kappa shape index (κ1) is 25.7. The van der Waals surface area contributed by atoms with Gasteiger partial charge in [0.25, 0.3) is 0 Å². The van der Waals surface area contributed by atoms with Crippen LogP contribution in [0.2, 0.25) is 0 Å². The third kappa shape index (κ3) is 6.72. The van der Waals surface area contributed by atoms with Crippen molar-refractivity contribution in [3.05, 3.63) is 45.8 Å². The van der Waals surface area contributed by atoms with Crippen molar-refractivity contribution in [1.82, 2.24) is 4.90 Å². The molecule has 2 aromatic rings. The molecule has 1 aliphatic rings. The van der Waals surface area contributed by atoms with Gasteiger partial charge in [-0.15, -0.1) is 35.5 Å². The first-order valence-electron chi connectivity index (χ1n) is 10.4. The van der Waals surface area contributed by atoms with Crippen LogP contribution in [0.5, 0.6) is 0 Å². The fraction of sp³-hybridized carbons (Fsp3) is 0.478. The van der Waals surface area contributed by atoms with Crippen molar-refractivity contribution >= 4 is 52.4 Å². The highest BCUT2D eigenvalue weighted by Crippen LogP contribution is 2.37. The van der Waals surface area contributed by atoms with Crippen molar-refractivity contribution in [3.8, 4) is 0 Å². The van der Waals surface area contributed by atoms with Gasteiger partial charge in [-0.25, -0.2) is 4.79 Å². The quantitative estimate of drug-likeness (QED) is 0.403. The molecule has 0 saturated heterocycles. The van der Waals surface area contributed by atoms with E-state index in [1.165, 1.54) is 23.3 Å². The van der Waals surface area contributed by atoms with E-state index in [2.05, 4.69) is 43.1 Å². The normalized spacial score (nSPS) is 13.5. The van der Waals surface area contributed by atoms with Gasteiger partial charge >= 0.3 is 5.97 Å². The highest BCUT2D eigenvalue weighted by atomic mass is 35.5. The molecule has 2 heterocycles.